The molecule has 1 heterocycles. The van der Waals surface area contributed by atoms with Crippen molar-refractivity contribution in [1.82, 2.24) is 4.98 Å². The lowest BCUT2D eigenvalue weighted by Gasteiger charge is -2.10. The van der Waals surface area contributed by atoms with Crippen molar-refractivity contribution in [2.75, 3.05) is 0 Å². The fraction of sp³-hybridized carbons (Fsp3) is 0.105. The van der Waals surface area contributed by atoms with Crippen molar-refractivity contribution in [3.05, 3.63) is 78.5 Å². The molecule has 0 saturated carbocycles. The van der Waals surface area contributed by atoms with Crippen LogP contribution in [-0.4, -0.2) is 4.98 Å². The molecule has 0 spiro atoms. The van der Waals surface area contributed by atoms with Crippen molar-refractivity contribution in [3.8, 4) is 22.4 Å². The smallest absolute Gasteiger partial charge is 0.0708 e. The molecule has 0 amide bonds. The fourth-order valence-corrected chi connectivity index (χ4v) is 2.42. The molecular weight excluding hydrogens is 242 g/mol. The molecule has 0 aliphatic rings. The maximum absolute atomic E-state index is 4.61. The van der Waals surface area contributed by atoms with Crippen LogP contribution in [0.5, 0.6) is 0 Å². The van der Waals surface area contributed by atoms with E-state index in [1.54, 1.807) is 0 Å². The first-order valence-corrected chi connectivity index (χ1v) is 6.98. The zero-order valence-corrected chi connectivity index (χ0v) is 11.6. The number of rotatable bonds is 3. The summed E-state index contributed by atoms with van der Waals surface area (Å²) in [6, 6.07) is 23.0. The van der Waals surface area contributed by atoms with Gasteiger partial charge in [0.15, 0.2) is 0 Å². The van der Waals surface area contributed by atoms with Gasteiger partial charge in [0.05, 0.1) is 5.69 Å². The summed E-state index contributed by atoms with van der Waals surface area (Å²) in [5.74, 6) is 0. The van der Waals surface area contributed by atoms with Crippen LogP contribution in [0, 0.1) is 0 Å². The zero-order chi connectivity index (χ0) is 13.8. The Kier molecular flexibility index (Phi) is 3.60. The van der Waals surface area contributed by atoms with E-state index in [0.29, 0.717) is 0 Å². The molecule has 20 heavy (non-hydrogen) atoms. The summed E-state index contributed by atoms with van der Waals surface area (Å²) < 4.78 is 0. The monoisotopic (exact) mass is 259 g/mol. The molecule has 98 valence electrons. The Bertz CT molecular complexity index is 687. The van der Waals surface area contributed by atoms with Gasteiger partial charge in [-0.1, -0.05) is 67.6 Å². The van der Waals surface area contributed by atoms with Crippen molar-refractivity contribution in [2.45, 2.75) is 13.3 Å². The number of aryl methyl sites for hydroxylation is 1. The molecule has 0 fully saturated rings. The lowest BCUT2D eigenvalue weighted by molar-refractivity contribution is 1.11. The van der Waals surface area contributed by atoms with E-state index in [2.05, 4.69) is 60.4 Å². The minimum absolute atomic E-state index is 0.992. The predicted molar refractivity (Wildman–Crippen MR) is 84.5 cm³/mol. The van der Waals surface area contributed by atoms with E-state index in [-0.39, 0.29) is 0 Å². The first kappa shape index (κ1) is 12.6. The molecule has 3 rings (SSSR count). The van der Waals surface area contributed by atoms with E-state index in [0.717, 1.165) is 17.7 Å². The molecule has 0 radical (unpaired) electrons. The van der Waals surface area contributed by atoms with Gasteiger partial charge in [-0.25, -0.2) is 0 Å². The molecular formula is C19H17N. The highest BCUT2D eigenvalue weighted by molar-refractivity contribution is 5.73. The van der Waals surface area contributed by atoms with Crippen LogP contribution in [0.25, 0.3) is 22.4 Å². The lowest BCUT2D eigenvalue weighted by Crippen LogP contribution is -1.92. The first-order valence-electron chi connectivity index (χ1n) is 6.98. The molecule has 0 aliphatic carbocycles. The van der Waals surface area contributed by atoms with E-state index in [9.17, 15) is 0 Å². The van der Waals surface area contributed by atoms with Gasteiger partial charge in [0.25, 0.3) is 0 Å². The third-order valence-corrected chi connectivity index (χ3v) is 3.52. The highest BCUT2D eigenvalue weighted by Gasteiger charge is 2.07. The van der Waals surface area contributed by atoms with Crippen molar-refractivity contribution >= 4 is 0 Å². The molecule has 0 bridgehead atoms. The number of hydrogen-bond donors (Lipinski definition) is 0. The van der Waals surface area contributed by atoms with Crippen LogP contribution < -0.4 is 0 Å². The Labute approximate surface area is 119 Å². The zero-order valence-electron chi connectivity index (χ0n) is 11.6. The van der Waals surface area contributed by atoms with Gasteiger partial charge >= 0.3 is 0 Å². The van der Waals surface area contributed by atoms with Crippen molar-refractivity contribution in [2.24, 2.45) is 0 Å². The van der Waals surface area contributed by atoms with E-state index in [1.165, 1.54) is 16.7 Å². The average Bonchev–Trinajstić information content (AvgIpc) is 2.56. The van der Waals surface area contributed by atoms with Crippen LogP contribution in [0.15, 0.2) is 72.9 Å². The summed E-state index contributed by atoms with van der Waals surface area (Å²) in [5, 5.41) is 0. The molecule has 0 N–H and O–H groups in total. The maximum atomic E-state index is 4.61. The third kappa shape index (κ3) is 2.48. The van der Waals surface area contributed by atoms with Crippen LogP contribution >= 0.6 is 0 Å². The topological polar surface area (TPSA) is 12.9 Å². The number of benzene rings is 2. The van der Waals surface area contributed by atoms with Gasteiger partial charge in [0.1, 0.15) is 0 Å². The minimum Gasteiger partial charge on any atom is -0.256 e. The van der Waals surface area contributed by atoms with Crippen molar-refractivity contribution in [3.63, 3.8) is 0 Å². The highest BCUT2D eigenvalue weighted by atomic mass is 14.7. The Morgan fingerprint density at radius 1 is 0.800 bits per heavy atom. The Morgan fingerprint density at radius 2 is 1.40 bits per heavy atom. The predicted octanol–water partition coefficient (Wildman–Crippen LogP) is 4.98. The van der Waals surface area contributed by atoms with E-state index in [1.807, 2.05) is 24.4 Å². The number of aromatic nitrogens is 1. The Hall–Kier alpha value is -2.41. The summed E-state index contributed by atoms with van der Waals surface area (Å²) >= 11 is 0. The van der Waals surface area contributed by atoms with Crippen molar-refractivity contribution < 1.29 is 0 Å². The van der Waals surface area contributed by atoms with Gasteiger partial charge in [-0.15, -0.1) is 0 Å². The van der Waals surface area contributed by atoms with Crippen LogP contribution in [0.4, 0.5) is 0 Å². The molecule has 0 aliphatic heterocycles. The van der Waals surface area contributed by atoms with Crippen molar-refractivity contribution in [1.29, 1.82) is 0 Å². The first-order chi connectivity index (χ1) is 9.88. The molecule has 1 heteroatoms. The lowest BCUT2D eigenvalue weighted by atomic mass is 9.98. The summed E-state index contributed by atoms with van der Waals surface area (Å²) in [7, 11) is 0. The molecule has 3 aromatic rings. The molecule has 0 unspecified atom stereocenters. The summed E-state index contributed by atoms with van der Waals surface area (Å²) in [5.41, 5.74) is 6.01. The van der Waals surface area contributed by atoms with Gasteiger partial charge in [-0.3, -0.25) is 4.98 Å². The minimum atomic E-state index is 0.992. The quantitative estimate of drug-likeness (QED) is 0.646. The second-order valence-electron chi connectivity index (χ2n) is 4.81. The molecule has 1 aromatic heterocycles. The van der Waals surface area contributed by atoms with Crippen LogP contribution in [0.3, 0.4) is 0 Å². The second kappa shape index (κ2) is 5.70. The highest BCUT2D eigenvalue weighted by Crippen LogP contribution is 2.28. The van der Waals surface area contributed by atoms with Gasteiger partial charge < -0.3 is 0 Å². The van der Waals surface area contributed by atoms with E-state index >= 15 is 0 Å². The van der Waals surface area contributed by atoms with Gasteiger partial charge in [0, 0.05) is 11.8 Å². The Morgan fingerprint density at radius 3 is 2.00 bits per heavy atom. The standard InChI is InChI=1S/C19H17N/c1-2-15-14-20-19(17-11-7-4-8-12-17)13-18(15)16-9-5-3-6-10-16/h3-14H,2H2,1H3. The van der Waals surface area contributed by atoms with E-state index in [4.69, 9.17) is 0 Å². The normalized spacial score (nSPS) is 10.4. The average molecular weight is 259 g/mol. The van der Waals surface area contributed by atoms with Crippen LogP contribution in [0.1, 0.15) is 12.5 Å². The number of nitrogens with zero attached hydrogens (tertiary/aromatic N) is 1. The molecule has 1 nitrogen and oxygen atoms in total. The SMILES string of the molecule is CCc1cnc(-c2ccccc2)cc1-c1ccccc1. The third-order valence-electron chi connectivity index (χ3n) is 3.52. The Balaban J connectivity index is 2.13. The molecule has 0 saturated heterocycles. The largest absolute Gasteiger partial charge is 0.256 e. The summed E-state index contributed by atoms with van der Waals surface area (Å²) in [6.07, 6.45) is 3.00. The fourth-order valence-electron chi connectivity index (χ4n) is 2.42. The van der Waals surface area contributed by atoms with Gasteiger partial charge in [-0.2, -0.15) is 0 Å². The maximum Gasteiger partial charge on any atom is 0.0708 e. The van der Waals surface area contributed by atoms with Crippen LogP contribution in [0.2, 0.25) is 0 Å². The summed E-state index contributed by atoms with van der Waals surface area (Å²) in [4.78, 5) is 4.61. The van der Waals surface area contributed by atoms with Crippen LogP contribution in [-0.2, 0) is 6.42 Å². The number of pyridine rings is 1. The molecule has 2 aromatic carbocycles. The molecule has 0 atom stereocenters. The summed E-state index contributed by atoms with van der Waals surface area (Å²) in [6.45, 7) is 2.17. The number of hydrogen-bond acceptors (Lipinski definition) is 1. The second-order valence-corrected chi connectivity index (χ2v) is 4.81. The van der Waals surface area contributed by atoms with Gasteiger partial charge in [0.2, 0.25) is 0 Å². The van der Waals surface area contributed by atoms with E-state index < -0.39 is 0 Å². The van der Waals surface area contributed by atoms with Gasteiger partial charge in [-0.05, 0) is 29.2 Å².